The Labute approximate surface area is 58.6 Å². The van der Waals surface area contributed by atoms with Gasteiger partial charge >= 0.3 is 0 Å². The van der Waals surface area contributed by atoms with Crippen LogP contribution in [0.3, 0.4) is 0 Å². The zero-order valence-electron chi connectivity index (χ0n) is 6.02. The van der Waals surface area contributed by atoms with Crippen molar-refractivity contribution in [3.63, 3.8) is 0 Å². The molecule has 0 amide bonds. The molecule has 0 bridgehead atoms. The largest absolute Gasteiger partial charge is 0.0697 e. The Morgan fingerprint density at radius 2 is 1.25 bits per heavy atom. The maximum atomic E-state index is 4.63. The highest BCUT2D eigenvalue weighted by Crippen LogP contribution is 2.62. The zero-order chi connectivity index (χ0) is 6.62. The van der Waals surface area contributed by atoms with Crippen LogP contribution in [-0.4, -0.2) is 18.5 Å². The van der Waals surface area contributed by atoms with Crippen molar-refractivity contribution in [2.24, 2.45) is 0 Å². The predicted molar refractivity (Wildman–Crippen MR) is 47.5 cm³/mol. The Bertz CT molecular complexity index is 51.3. The van der Waals surface area contributed by atoms with E-state index in [0.717, 1.165) is 0 Å². The molecular weight excluding hydrogens is 135 g/mol. The first-order chi connectivity index (χ1) is 3.68. The fraction of sp³-hybridized carbons (Fsp3) is 1.00. The average molecular weight is 151 g/mol. The van der Waals surface area contributed by atoms with Gasteiger partial charge < -0.3 is 0 Å². The number of hydrogen-bond acceptors (Lipinski definition) is 1. The lowest BCUT2D eigenvalue weighted by Crippen LogP contribution is -1.93. The van der Waals surface area contributed by atoms with Gasteiger partial charge in [0, 0.05) is 12.2 Å². The molecule has 0 spiro atoms. The Morgan fingerprint density at radius 3 is 1.25 bits per heavy atom. The fourth-order valence-corrected chi connectivity index (χ4v) is 2.01. The Kier molecular flexibility index (Phi) is 4.10. The summed E-state index contributed by atoms with van der Waals surface area (Å²) in [4.78, 5) is 0. The van der Waals surface area contributed by atoms with Crippen LogP contribution in [0.5, 0.6) is 0 Å². The summed E-state index contributed by atoms with van der Waals surface area (Å²) >= 11 is 4.63. The third-order valence-corrected chi connectivity index (χ3v) is 7.84. The van der Waals surface area contributed by atoms with Crippen LogP contribution in [0.4, 0.5) is 0 Å². The molecule has 0 aromatic heterocycles. The van der Waals surface area contributed by atoms with E-state index in [9.17, 15) is 0 Å². The molecule has 2 heteroatoms. The summed E-state index contributed by atoms with van der Waals surface area (Å²) in [5, 5.41) is 0. The first-order valence-electron chi connectivity index (χ1n) is 3.27. The molecule has 0 saturated heterocycles. The average Bonchev–Trinajstić information content (AvgIpc) is 1.87. The van der Waals surface area contributed by atoms with Crippen molar-refractivity contribution in [1.82, 2.24) is 0 Å². The van der Waals surface area contributed by atoms with Crippen LogP contribution in [0.1, 0.15) is 20.8 Å². The normalized spacial score (nSPS) is 12.0. The molecule has 8 heavy (non-hydrogen) atoms. The minimum Gasteiger partial charge on any atom is -0.0302 e. The highest BCUT2D eigenvalue weighted by atomic mass is 32.7. The van der Waals surface area contributed by atoms with E-state index < -0.39 is 6.46 Å². The van der Waals surface area contributed by atoms with Gasteiger partial charge in [0.05, 0.1) is 25.0 Å². The summed E-state index contributed by atoms with van der Waals surface area (Å²) in [6, 6.07) is 0. The zero-order valence-corrected chi connectivity index (χ0v) is 7.80. The second kappa shape index (κ2) is 3.74. The van der Waals surface area contributed by atoms with Crippen molar-refractivity contribution in [3.8, 4) is 0 Å². The Balaban J connectivity index is 3.58. The molecule has 0 rings (SSSR count). The van der Waals surface area contributed by atoms with E-state index in [1.165, 1.54) is 18.5 Å². The molecule has 0 aromatic rings. The van der Waals surface area contributed by atoms with Crippen molar-refractivity contribution < 1.29 is 0 Å². The van der Waals surface area contributed by atoms with Crippen LogP contribution < -0.4 is 0 Å². The van der Waals surface area contributed by atoms with Crippen molar-refractivity contribution in [2.75, 3.05) is 18.5 Å². The third kappa shape index (κ3) is 2.37. The lowest BCUT2D eigenvalue weighted by atomic mass is 10.9. The van der Waals surface area contributed by atoms with E-state index in [0.29, 0.717) is 0 Å². The number of rotatable bonds is 3. The Hall–Kier alpha value is 0.780. The molecule has 0 heterocycles. The van der Waals surface area contributed by atoms with Gasteiger partial charge in [0.2, 0.25) is 0 Å². The molecule has 0 unspecified atom stereocenters. The monoisotopic (exact) mass is 151 g/mol. The molecule has 0 nitrogen and oxygen atoms in total. The second-order valence-electron chi connectivity index (χ2n) is 2.04. The van der Waals surface area contributed by atoms with Gasteiger partial charge in [-0.1, -0.05) is 0 Å². The van der Waals surface area contributed by atoms with Gasteiger partial charge in [0.25, 0.3) is 0 Å². The molecule has 0 aromatic carbocycles. The number of thiol groups is 1. The van der Waals surface area contributed by atoms with Crippen molar-refractivity contribution >= 4 is 18.7 Å². The second-order valence-corrected chi connectivity index (χ2v) is 8.68. The van der Waals surface area contributed by atoms with Gasteiger partial charge in [-0.25, -0.2) is 0 Å². The molecule has 50 valence electrons. The van der Waals surface area contributed by atoms with Crippen molar-refractivity contribution in [2.45, 2.75) is 20.8 Å². The molecule has 0 aliphatic carbocycles. The third-order valence-electron chi connectivity index (χ3n) is 1.77. The molecule has 0 saturated carbocycles. The quantitative estimate of drug-likeness (QED) is 0.465. The van der Waals surface area contributed by atoms with Gasteiger partial charge in [0.15, 0.2) is 0 Å². The van der Waals surface area contributed by atoms with E-state index >= 15 is 0 Å². The van der Waals surface area contributed by atoms with E-state index in [2.05, 4.69) is 33.0 Å². The highest BCUT2D eigenvalue weighted by Gasteiger charge is 2.25. The molecule has 0 N–H and O–H groups in total. The summed E-state index contributed by atoms with van der Waals surface area (Å²) in [6.45, 7) is 6.01. The van der Waals surface area contributed by atoms with Crippen molar-refractivity contribution in [1.29, 1.82) is 0 Å². The lowest BCUT2D eigenvalue weighted by Gasteiger charge is -2.13. The van der Waals surface area contributed by atoms with Gasteiger partial charge in [0.1, 0.15) is 0 Å². The maximum Gasteiger partial charge on any atom is 0.0697 e. The number of hydrogen-bond donors (Lipinski definition) is 1. The topological polar surface area (TPSA) is 0 Å². The summed E-state index contributed by atoms with van der Waals surface area (Å²) in [7, 11) is 0. The Morgan fingerprint density at radius 1 is 1.00 bits per heavy atom. The molecule has 0 atom stereocenters. The smallest absolute Gasteiger partial charge is 0.0302 e. The summed E-state index contributed by atoms with van der Waals surface area (Å²) in [6.07, 6.45) is 3.88. The van der Waals surface area contributed by atoms with E-state index in [-0.39, 0.29) is 0 Å². The maximum absolute atomic E-state index is 4.63. The lowest BCUT2D eigenvalue weighted by molar-refractivity contribution is 1.34. The van der Waals surface area contributed by atoms with Crippen LogP contribution in [-0.2, 0) is 0 Å². The van der Waals surface area contributed by atoms with E-state index in [1.807, 2.05) is 0 Å². The van der Waals surface area contributed by atoms with Gasteiger partial charge in [-0.15, -0.1) is 0 Å². The first kappa shape index (κ1) is 8.78. The first-order valence-corrected chi connectivity index (χ1v) is 6.77. The summed E-state index contributed by atoms with van der Waals surface area (Å²) < 4.78 is 0. The predicted octanol–water partition coefficient (Wildman–Crippen LogP) is 2.91. The summed E-state index contributed by atoms with van der Waals surface area (Å²) in [5.74, 6) is 0. The van der Waals surface area contributed by atoms with E-state index in [4.69, 9.17) is 0 Å². The standard InChI is InChI=1S/C6H16PS/c1-4-7(8,5-2)6-3/h8H,4-6H2,1-3H3/q+1. The van der Waals surface area contributed by atoms with Crippen molar-refractivity contribution in [3.05, 3.63) is 0 Å². The van der Waals surface area contributed by atoms with Crippen LogP contribution in [0.15, 0.2) is 0 Å². The molecule has 0 aliphatic rings. The minimum absolute atomic E-state index is 0.718. The molecular formula is C6H16PS+. The minimum atomic E-state index is -0.718. The SMILES string of the molecule is CC[P+](S)(CC)CC. The van der Waals surface area contributed by atoms with Crippen LogP contribution in [0, 0.1) is 0 Å². The van der Waals surface area contributed by atoms with Gasteiger partial charge in [-0.05, 0) is 20.8 Å². The van der Waals surface area contributed by atoms with E-state index in [1.54, 1.807) is 0 Å². The van der Waals surface area contributed by atoms with Crippen LogP contribution >= 0.6 is 18.7 Å². The van der Waals surface area contributed by atoms with Crippen LogP contribution in [0.2, 0.25) is 0 Å². The molecule has 0 aliphatic heterocycles. The fourth-order valence-electron chi connectivity index (χ4n) is 0.671. The molecule has 0 radical (unpaired) electrons. The highest BCUT2D eigenvalue weighted by molar-refractivity contribution is 8.53. The van der Waals surface area contributed by atoms with Crippen LogP contribution in [0.25, 0.3) is 0 Å². The molecule has 0 fully saturated rings. The van der Waals surface area contributed by atoms with Gasteiger partial charge in [-0.2, -0.15) is 0 Å². The summed E-state index contributed by atoms with van der Waals surface area (Å²) in [5.41, 5.74) is 0. The van der Waals surface area contributed by atoms with Gasteiger partial charge in [-0.3, -0.25) is 0 Å².